The Hall–Kier alpha value is -0.610. The van der Waals surface area contributed by atoms with Gasteiger partial charge in [0.2, 0.25) is 0 Å². The highest BCUT2D eigenvalue weighted by Crippen LogP contribution is 2.30. The van der Waals surface area contributed by atoms with Gasteiger partial charge in [-0.05, 0) is 38.0 Å². The van der Waals surface area contributed by atoms with Gasteiger partial charge < -0.3 is 15.6 Å². The molecule has 0 spiro atoms. The van der Waals surface area contributed by atoms with Crippen molar-refractivity contribution >= 4 is 5.97 Å². The van der Waals surface area contributed by atoms with Crippen LogP contribution in [0.15, 0.2) is 0 Å². The molecular formula is C12H23NO3. The van der Waals surface area contributed by atoms with Crippen LogP contribution >= 0.6 is 0 Å². The van der Waals surface area contributed by atoms with E-state index in [1.165, 1.54) is 13.3 Å². The summed E-state index contributed by atoms with van der Waals surface area (Å²) in [5.74, 6) is 0.551. The SMILES string of the molecule is CC1CC(C)CC(OC(=O)C(C)(O)CN)C1. The van der Waals surface area contributed by atoms with Crippen LogP contribution < -0.4 is 5.73 Å². The Morgan fingerprint density at radius 2 is 1.88 bits per heavy atom. The van der Waals surface area contributed by atoms with Gasteiger partial charge in [0.1, 0.15) is 6.10 Å². The van der Waals surface area contributed by atoms with E-state index in [-0.39, 0.29) is 12.6 Å². The summed E-state index contributed by atoms with van der Waals surface area (Å²) in [6.07, 6.45) is 2.89. The van der Waals surface area contributed by atoms with E-state index < -0.39 is 11.6 Å². The maximum Gasteiger partial charge on any atom is 0.339 e. The Morgan fingerprint density at radius 1 is 1.38 bits per heavy atom. The monoisotopic (exact) mass is 229 g/mol. The van der Waals surface area contributed by atoms with E-state index in [2.05, 4.69) is 13.8 Å². The molecule has 0 aliphatic heterocycles. The van der Waals surface area contributed by atoms with Crippen molar-refractivity contribution in [2.45, 2.75) is 51.7 Å². The highest BCUT2D eigenvalue weighted by Gasteiger charge is 2.34. The van der Waals surface area contributed by atoms with Crippen LogP contribution in [0.1, 0.15) is 40.0 Å². The summed E-state index contributed by atoms with van der Waals surface area (Å²) in [4.78, 5) is 11.6. The van der Waals surface area contributed by atoms with Crippen LogP contribution in [0.3, 0.4) is 0 Å². The third-order valence-electron chi connectivity index (χ3n) is 3.25. The number of carbonyl (C=O) groups is 1. The van der Waals surface area contributed by atoms with E-state index in [0.717, 1.165) is 12.8 Å². The molecule has 0 aromatic carbocycles. The topological polar surface area (TPSA) is 72.5 Å². The molecule has 0 saturated heterocycles. The summed E-state index contributed by atoms with van der Waals surface area (Å²) in [7, 11) is 0. The van der Waals surface area contributed by atoms with E-state index >= 15 is 0 Å². The standard InChI is InChI=1S/C12H23NO3/c1-8-4-9(2)6-10(5-8)16-11(14)12(3,15)7-13/h8-10,15H,4-7,13H2,1-3H3. The zero-order valence-electron chi connectivity index (χ0n) is 10.4. The van der Waals surface area contributed by atoms with E-state index in [0.29, 0.717) is 11.8 Å². The largest absolute Gasteiger partial charge is 0.460 e. The lowest BCUT2D eigenvalue weighted by Crippen LogP contribution is -2.46. The predicted molar refractivity (Wildman–Crippen MR) is 61.7 cm³/mol. The van der Waals surface area contributed by atoms with E-state index in [1.807, 2.05) is 0 Å². The van der Waals surface area contributed by atoms with Crippen molar-refractivity contribution in [2.75, 3.05) is 6.54 Å². The Kier molecular flexibility index (Phi) is 4.33. The lowest BCUT2D eigenvalue weighted by atomic mass is 9.82. The molecule has 0 radical (unpaired) electrons. The van der Waals surface area contributed by atoms with E-state index in [1.54, 1.807) is 0 Å². The smallest absolute Gasteiger partial charge is 0.339 e. The molecule has 0 bridgehead atoms. The molecule has 3 N–H and O–H groups in total. The molecular weight excluding hydrogens is 206 g/mol. The molecule has 0 amide bonds. The molecule has 1 rings (SSSR count). The number of hydrogen-bond acceptors (Lipinski definition) is 4. The molecule has 3 atom stereocenters. The third kappa shape index (κ3) is 3.46. The van der Waals surface area contributed by atoms with Gasteiger partial charge in [0, 0.05) is 6.54 Å². The van der Waals surface area contributed by atoms with Crippen LogP contribution in [-0.4, -0.2) is 29.3 Å². The summed E-state index contributed by atoms with van der Waals surface area (Å²) in [6, 6.07) is 0. The van der Waals surface area contributed by atoms with E-state index in [4.69, 9.17) is 10.5 Å². The number of hydrogen-bond donors (Lipinski definition) is 2. The molecule has 0 aromatic heterocycles. The first-order valence-electron chi connectivity index (χ1n) is 5.98. The van der Waals surface area contributed by atoms with Gasteiger partial charge in [0.15, 0.2) is 5.60 Å². The zero-order chi connectivity index (χ0) is 12.3. The van der Waals surface area contributed by atoms with E-state index in [9.17, 15) is 9.90 Å². The van der Waals surface area contributed by atoms with Crippen molar-refractivity contribution in [1.29, 1.82) is 0 Å². The van der Waals surface area contributed by atoms with Gasteiger partial charge in [-0.15, -0.1) is 0 Å². The summed E-state index contributed by atoms with van der Waals surface area (Å²) in [5.41, 5.74) is 3.76. The van der Waals surface area contributed by atoms with Crippen molar-refractivity contribution in [1.82, 2.24) is 0 Å². The van der Waals surface area contributed by atoms with Gasteiger partial charge >= 0.3 is 5.97 Å². The number of ether oxygens (including phenoxy) is 1. The van der Waals surface area contributed by atoms with Crippen molar-refractivity contribution < 1.29 is 14.6 Å². The Morgan fingerprint density at radius 3 is 2.31 bits per heavy atom. The van der Waals surface area contributed by atoms with Gasteiger partial charge in [-0.2, -0.15) is 0 Å². The fourth-order valence-electron chi connectivity index (χ4n) is 2.33. The van der Waals surface area contributed by atoms with Crippen LogP contribution in [0.25, 0.3) is 0 Å². The number of esters is 1. The first kappa shape index (κ1) is 13.5. The van der Waals surface area contributed by atoms with Gasteiger partial charge in [-0.3, -0.25) is 0 Å². The second-order valence-corrected chi connectivity index (χ2v) is 5.42. The zero-order valence-corrected chi connectivity index (χ0v) is 10.4. The predicted octanol–water partition coefficient (Wildman–Crippen LogP) is 1.06. The van der Waals surface area contributed by atoms with Crippen molar-refractivity contribution in [3.63, 3.8) is 0 Å². The average Bonchev–Trinajstić information content (AvgIpc) is 2.15. The van der Waals surface area contributed by atoms with Gasteiger partial charge in [-0.1, -0.05) is 13.8 Å². The van der Waals surface area contributed by atoms with Gasteiger partial charge in [0.05, 0.1) is 0 Å². The molecule has 0 aromatic rings. The molecule has 1 aliphatic rings. The maximum atomic E-state index is 11.6. The minimum Gasteiger partial charge on any atom is -0.460 e. The van der Waals surface area contributed by atoms with Crippen molar-refractivity contribution in [2.24, 2.45) is 17.6 Å². The first-order chi connectivity index (χ1) is 7.35. The number of nitrogens with two attached hydrogens (primary N) is 1. The molecule has 16 heavy (non-hydrogen) atoms. The summed E-state index contributed by atoms with van der Waals surface area (Å²) in [6.45, 7) is 5.61. The second-order valence-electron chi connectivity index (χ2n) is 5.42. The quantitative estimate of drug-likeness (QED) is 0.710. The first-order valence-corrected chi connectivity index (χ1v) is 5.98. The minimum absolute atomic E-state index is 0.0655. The van der Waals surface area contributed by atoms with Crippen LogP contribution in [0.2, 0.25) is 0 Å². The fourth-order valence-corrected chi connectivity index (χ4v) is 2.33. The number of rotatable bonds is 3. The van der Waals surface area contributed by atoms with Crippen LogP contribution in [0, 0.1) is 11.8 Å². The molecule has 0 heterocycles. The normalized spacial score (nSPS) is 34.2. The molecule has 4 heteroatoms. The Balaban J connectivity index is 2.51. The molecule has 4 nitrogen and oxygen atoms in total. The molecule has 1 aliphatic carbocycles. The van der Waals surface area contributed by atoms with Gasteiger partial charge in [-0.25, -0.2) is 4.79 Å². The van der Waals surface area contributed by atoms with Crippen molar-refractivity contribution in [3.8, 4) is 0 Å². The van der Waals surface area contributed by atoms with Gasteiger partial charge in [0.25, 0.3) is 0 Å². The minimum atomic E-state index is -1.55. The van der Waals surface area contributed by atoms with Crippen molar-refractivity contribution in [3.05, 3.63) is 0 Å². The summed E-state index contributed by atoms with van der Waals surface area (Å²) < 4.78 is 5.32. The fraction of sp³-hybridized carbons (Fsp3) is 0.917. The number of aliphatic hydroxyl groups is 1. The molecule has 3 unspecified atom stereocenters. The van der Waals surface area contributed by atoms with Crippen LogP contribution in [0.4, 0.5) is 0 Å². The lowest BCUT2D eigenvalue weighted by Gasteiger charge is -2.32. The lowest BCUT2D eigenvalue weighted by molar-refractivity contribution is -0.171. The van der Waals surface area contributed by atoms with Crippen LogP contribution in [0.5, 0.6) is 0 Å². The molecule has 94 valence electrons. The molecule has 1 fully saturated rings. The Bertz CT molecular complexity index is 243. The number of carbonyl (C=O) groups excluding carboxylic acids is 1. The third-order valence-corrected chi connectivity index (χ3v) is 3.25. The molecule has 1 saturated carbocycles. The Labute approximate surface area is 97.2 Å². The average molecular weight is 229 g/mol. The summed E-state index contributed by atoms with van der Waals surface area (Å²) in [5, 5.41) is 9.65. The highest BCUT2D eigenvalue weighted by atomic mass is 16.6. The summed E-state index contributed by atoms with van der Waals surface area (Å²) >= 11 is 0. The maximum absolute atomic E-state index is 11.6. The van der Waals surface area contributed by atoms with Crippen LogP contribution in [-0.2, 0) is 9.53 Å². The highest BCUT2D eigenvalue weighted by molar-refractivity contribution is 5.79. The second kappa shape index (κ2) is 5.15.